The molecule has 1 atom stereocenters. The third-order valence-electron chi connectivity index (χ3n) is 2.58. The number of nitrogens with one attached hydrogen (secondary N) is 2. The second-order valence-corrected chi connectivity index (χ2v) is 4.40. The number of alkyl halides is 2. The fourth-order valence-electron chi connectivity index (χ4n) is 1.54. The maximum atomic E-state index is 12.2. The van der Waals surface area contributed by atoms with Gasteiger partial charge >= 0.3 is 6.03 Å². The molecule has 0 aliphatic carbocycles. The van der Waals surface area contributed by atoms with Crippen LogP contribution in [0.1, 0.15) is 12.5 Å². The fourth-order valence-corrected chi connectivity index (χ4v) is 1.54. The van der Waals surface area contributed by atoms with E-state index in [9.17, 15) is 18.4 Å². The lowest BCUT2D eigenvalue weighted by Gasteiger charge is -2.16. The smallest absolute Gasteiger partial charge is 0.318 e. The van der Waals surface area contributed by atoms with Gasteiger partial charge in [-0.1, -0.05) is 6.07 Å². The lowest BCUT2D eigenvalue weighted by atomic mass is 10.2. The van der Waals surface area contributed by atoms with Crippen LogP contribution in [-0.4, -0.2) is 31.0 Å². The number of aryl methyl sites for hydroxylation is 1. The minimum absolute atomic E-state index is 0.294. The monoisotopic (exact) mass is 301 g/mol. The number of primary amides is 1. The number of amides is 3. The first-order chi connectivity index (χ1) is 9.79. The van der Waals surface area contributed by atoms with Crippen LogP contribution in [0.4, 0.5) is 19.3 Å². The number of carbonyl (C=O) groups excluding carboxylic acids is 2. The normalized spacial score (nSPS) is 11.9. The third kappa shape index (κ3) is 5.64. The minimum Gasteiger partial charge on any atom is -0.487 e. The van der Waals surface area contributed by atoms with Crippen molar-refractivity contribution in [2.24, 2.45) is 5.73 Å². The molecule has 0 aliphatic rings. The summed E-state index contributed by atoms with van der Waals surface area (Å²) in [7, 11) is 0. The van der Waals surface area contributed by atoms with Crippen LogP contribution in [0.15, 0.2) is 18.2 Å². The van der Waals surface area contributed by atoms with E-state index in [1.165, 1.54) is 13.0 Å². The van der Waals surface area contributed by atoms with Crippen molar-refractivity contribution < 1.29 is 23.1 Å². The summed E-state index contributed by atoms with van der Waals surface area (Å²) < 4.78 is 29.3. The van der Waals surface area contributed by atoms with Crippen molar-refractivity contribution in [3.63, 3.8) is 0 Å². The molecule has 0 spiro atoms. The van der Waals surface area contributed by atoms with E-state index in [1.807, 2.05) is 5.32 Å². The molecule has 1 rings (SSSR count). The Morgan fingerprint density at radius 3 is 2.62 bits per heavy atom. The highest BCUT2D eigenvalue weighted by Crippen LogP contribution is 2.23. The molecule has 6 nitrogen and oxygen atoms in total. The molecule has 1 aromatic rings. The molecule has 0 saturated heterocycles. The van der Waals surface area contributed by atoms with E-state index in [0.29, 0.717) is 17.0 Å². The summed E-state index contributed by atoms with van der Waals surface area (Å²) in [5.41, 5.74) is 6.03. The molecule has 4 N–H and O–H groups in total. The summed E-state index contributed by atoms with van der Waals surface area (Å²) in [6, 6.07) is 3.16. The standard InChI is InChI=1S/C13H17F2N3O3/c1-7-3-4-9(5-10(7)21-6-11(14)15)17-8(2)12(19)18-13(16)20/h3-5,8,11,17H,6H2,1-2H3,(H3,16,18,19,20)/t8-/m1/s1. The van der Waals surface area contributed by atoms with E-state index in [4.69, 9.17) is 10.5 Å². The van der Waals surface area contributed by atoms with E-state index < -0.39 is 31.0 Å². The van der Waals surface area contributed by atoms with Gasteiger partial charge in [-0.2, -0.15) is 0 Å². The molecule has 0 unspecified atom stereocenters. The summed E-state index contributed by atoms with van der Waals surface area (Å²) in [6.45, 7) is 2.54. The van der Waals surface area contributed by atoms with Crippen molar-refractivity contribution >= 4 is 17.6 Å². The Labute approximate surface area is 120 Å². The van der Waals surface area contributed by atoms with Gasteiger partial charge in [0.1, 0.15) is 18.4 Å². The molecular weight excluding hydrogens is 284 g/mol. The number of anilines is 1. The SMILES string of the molecule is Cc1ccc(N[C@H](C)C(=O)NC(N)=O)cc1OCC(F)F. The van der Waals surface area contributed by atoms with Crippen molar-refractivity contribution in [1.29, 1.82) is 0 Å². The number of nitrogens with two attached hydrogens (primary N) is 1. The van der Waals surface area contributed by atoms with Crippen molar-refractivity contribution in [3.8, 4) is 5.75 Å². The fraction of sp³-hybridized carbons (Fsp3) is 0.385. The molecule has 0 heterocycles. The zero-order valence-electron chi connectivity index (χ0n) is 11.7. The number of urea groups is 1. The van der Waals surface area contributed by atoms with Crippen LogP contribution in [0.3, 0.4) is 0 Å². The first kappa shape index (κ1) is 16.7. The van der Waals surface area contributed by atoms with Gasteiger partial charge in [0.2, 0.25) is 5.91 Å². The van der Waals surface area contributed by atoms with Crippen LogP contribution in [-0.2, 0) is 4.79 Å². The summed E-state index contributed by atoms with van der Waals surface area (Å²) in [5, 5.41) is 4.75. The Kier molecular flexibility index (Phi) is 5.89. The van der Waals surface area contributed by atoms with Gasteiger partial charge < -0.3 is 15.8 Å². The van der Waals surface area contributed by atoms with E-state index in [-0.39, 0.29) is 0 Å². The zero-order valence-corrected chi connectivity index (χ0v) is 11.7. The first-order valence-corrected chi connectivity index (χ1v) is 6.18. The Morgan fingerprint density at radius 1 is 1.38 bits per heavy atom. The number of imide groups is 1. The highest BCUT2D eigenvalue weighted by molar-refractivity contribution is 5.97. The lowest BCUT2D eigenvalue weighted by Crippen LogP contribution is -2.43. The molecule has 0 aromatic heterocycles. The molecule has 3 amide bonds. The van der Waals surface area contributed by atoms with Gasteiger partial charge in [0.05, 0.1) is 0 Å². The molecule has 116 valence electrons. The number of benzene rings is 1. The van der Waals surface area contributed by atoms with E-state index in [0.717, 1.165) is 0 Å². The molecule has 0 bridgehead atoms. The molecule has 0 fully saturated rings. The van der Waals surface area contributed by atoms with Gasteiger partial charge in [0, 0.05) is 11.8 Å². The Bertz CT molecular complexity index is 523. The number of carbonyl (C=O) groups is 2. The summed E-state index contributed by atoms with van der Waals surface area (Å²) in [5.74, 6) is -0.305. The maximum Gasteiger partial charge on any atom is 0.318 e. The van der Waals surface area contributed by atoms with Crippen LogP contribution in [0.2, 0.25) is 0 Å². The quantitative estimate of drug-likeness (QED) is 0.744. The number of halogens is 2. The largest absolute Gasteiger partial charge is 0.487 e. The van der Waals surface area contributed by atoms with Gasteiger partial charge in [0.25, 0.3) is 6.43 Å². The van der Waals surface area contributed by atoms with Gasteiger partial charge in [-0.3, -0.25) is 10.1 Å². The van der Waals surface area contributed by atoms with Crippen LogP contribution in [0.25, 0.3) is 0 Å². The number of hydrogen-bond acceptors (Lipinski definition) is 4. The average molecular weight is 301 g/mol. The summed E-state index contributed by atoms with van der Waals surface area (Å²) >= 11 is 0. The zero-order chi connectivity index (χ0) is 16.0. The predicted molar refractivity (Wildman–Crippen MR) is 73.5 cm³/mol. The topological polar surface area (TPSA) is 93.5 Å². The lowest BCUT2D eigenvalue weighted by molar-refractivity contribution is -0.120. The second-order valence-electron chi connectivity index (χ2n) is 4.40. The third-order valence-corrected chi connectivity index (χ3v) is 2.58. The molecule has 1 aromatic carbocycles. The minimum atomic E-state index is -2.57. The molecule has 0 radical (unpaired) electrons. The Hall–Kier alpha value is -2.38. The van der Waals surface area contributed by atoms with Gasteiger partial charge in [-0.15, -0.1) is 0 Å². The number of ether oxygens (including phenoxy) is 1. The summed E-state index contributed by atoms with van der Waals surface area (Å²) in [4.78, 5) is 22.1. The van der Waals surface area contributed by atoms with Gasteiger partial charge in [-0.05, 0) is 25.5 Å². The van der Waals surface area contributed by atoms with Crippen molar-refractivity contribution in [2.75, 3.05) is 11.9 Å². The highest BCUT2D eigenvalue weighted by Gasteiger charge is 2.15. The van der Waals surface area contributed by atoms with Crippen LogP contribution >= 0.6 is 0 Å². The Balaban J connectivity index is 2.73. The van der Waals surface area contributed by atoms with Gasteiger partial charge in [0.15, 0.2) is 0 Å². The molecule has 21 heavy (non-hydrogen) atoms. The van der Waals surface area contributed by atoms with Crippen molar-refractivity contribution in [3.05, 3.63) is 23.8 Å². The number of hydrogen-bond donors (Lipinski definition) is 3. The maximum absolute atomic E-state index is 12.2. The van der Waals surface area contributed by atoms with Crippen molar-refractivity contribution in [1.82, 2.24) is 5.32 Å². The van der Waals surface area contributed by atoms with E-state index in [2.05, 4.69) is 5.32 Å². The number of rotatable bonds is 6. The van der Waals surface area contributed by atoms with E-state index in [1.54, 1.807) is 19.1 Å². The van der Waals surface area contributed by atoms with Crippen LogP contribution < -0.4 is 21.1 Å². The molecule has 0 saturated carbocycles. The summed E-state index contributed by atoms with van der Waals surface area (Å²) in [6.07, 6.45) is -2.57. The van der Waals surface area contributed by atoms with E-state index >= 15 is 0 Å². The Morgan fingerprint density at radius 2 is 2.05 bits per heavy atom. The van der Waals surface area contributed by atoms with Crippen LogP contribution in [0, 0.1) is 6.92 Å². The molecule has 8 heteroatoms. The van der Waals surface area contributed by atoms with Gasteiger partial charge in [-0.25, -0.2) is 13.6 Å². The highest BCUT2D eigenvalue weighted by atomic mass is 19.3. The predicted octanol–water partition coefficient (Wildman–Crippen LogP) is 1.63. The first-order valence-electron chi connectivity index (χ1n) is 6.18. The molecular formula is C13H17F2N3O3. The second kappa shape index (κ2) is 7.41. The average Bonchev–Trinajstić information content (AvgIpc) is 2.38. The van der Waals surface area contributed by atoms with Crippen LogP contribution in [0.5, 0.6) is 5.75 Å². The van der Waals surface area contributed by atoms with Crippen molar-refractivity contribution in [2.45, 2.75) is 26.3 Å². The molecule has 0 aliphatic heterocycles.